The van der Waals surface area contributed by atoms with E-state index in [9.17, 15) is 5.11 Å². The molecule has 0 aromatic carbocycles. The summed E-state index contributed by atoms with van der Waals surface area (Å²) in [5.74, 6) is 0.968. The molecule has 0 aliphatic carbocycles. The molecule has 0 bridgehead atoms. The van der Waals surface area contributed by atoms with E-state index in [1.54, 1.807) is 0 Å². The van der Waals surface area contributed by atoms with Crippen molar-refractivity contribution < 1.29 is 5.11 Å². The lowest BCUT2D eigenvalue weighted by molar-refractivity contribution is 0.295. The summed E-state index contributed by atoms with van der Waals surface area (Å²) >= 11 is 0. The molecule has 1 aromatic heterocycles. The summed E-state index contributed by atoms with van der Waals surface area (Å²) in [6, 6.07) is 4.67. The zero-order valence-corrected chi connectivity index (χ0v) is 13.0. The van der Waals surface area contributed by atoms with E-state index in [-0.39, 0.29) is 12.0 Å². The van der Waals surface area contributed by atoms with Crippen LogP contribution in [-0.2, 0) is 5.41 Å². The quantitative estimate of drug-likeness (QED) is 0.856. The highest BCUT2D eigenvalue weighted by Gasteiger charge is 2.18. The molecule has 0 atom stereocenters. The molecule has 1 aromatic rings. The maximum atomic E-state index is 9.25. The second-order valence-electron chi connectivity index (χ2n) is 6.04. The van der Waals surface area contributed by atoms with Crippen LogP contribution in [0.2, 0.25) is 0 Å². The fraction of sp³-hybridized carbons (Fsp3) is 0.688. The molecule has 0 spiro atoms. The average Bonchev–Trinajstić information content (AvgIpc) is 2.38. The Bertz CT molecular complexity index is 363. The Balaban J connectivity index is 2.97. The Morgan fingerprint density at radius 2 is 1.84 bits per heavy atom. The van der Waals surface area contributed by atoms with Crippen LogP contribution in [0, 0.1) is 0 Å². The van der Waals surface area contributed by atoms with E-state index in [2.05, 4.69) is 56.6 Å². The third-order valence-electron chi connectivity index (χ3n) is 3.63. The summed E-state index contributed by atoms with van der Waals surface area (Å²) in [6.45, 7) is 11.7. The fourth-order valence-electron chi connectivity index (χ4n) is 2.32. The van der Waals surface area contributed by atoms with E-state index >= 15 is 0 Å². The van der Waals surface area contributed by atoms with Gasteiger partial charge in [0.05, 0.1) is 6.61 Å². The zero-order valence-electron chi connectivity index (χ0n) is 13.0. The van der Waals surface area contributed by atoms with E-state index < -0.39 is 0 Å². The number of hydrogen-bond acceptors (Lipinski definition) is 3. The molecule has 1 rings (SSSR count). The Morgan fingerprint density at radius 1 is 1.21 bits per heavy atom. The summed E-state index contributed by atoms with van der Waals surface area (Å²) in [7, 11) is 0. The van der Waals surface area contributed by atoms with Crippen molar-refractivity contribution in [2.45, 2.75) is 58.9 Å². The molecule has 0 unspecified atom stereocenters. The van der Waals surface area contributed by atoms with Crippen LogP contribution in [0.4, 0.5) is 5.82 Å². The first-order chi connectivity index (χ1) is 8.93. The first-order valence-corrected chi connectivity index (χ1v) is 7.28. The molecular weight excluding hydrogens is 236 g/mol. The minimum Gasteiger partial charge on any atom is -0.395 e. The van der Waals surface area contributed by atoms with Gasteiger partial charge in [0.1, 0.15) is 5.82 Å². The molecule has 0 aliphatic rings. The predicted molar refractivity (Wildman–Crippen MR) is 81.7 cm³/mol. The second kappa shape index (κ2) is 6.90. The first-order valence-electron chi connectivity index (χ1n) is 7.28. The molecule has 0 amide bonds. The topological polar surface area (TPSA) is 36.4 Å². The number of pyridine rings is 1. The van der Waals surface area contributed by atoms with Gasteiger partial charge < -0.3 is 10.0 Å². The average molecular weight is 264 g/mol. The summed E-state index contributed by atoms with van der Waals surface area (Å²) in [5.41, 5.74) is 1.37. The van der Waals surface area contributed by atoms with Crippen LogP contribution in [0.25, 0.3) is 0 Å². The van der Waals surface area contributed by atoms with Gasteiger partial charge in [-0.2, -0.15) is 0 Å². The molecular formula is C16H28N2O. The van der Waals surface area contributed by atoms with Gasteiger partial charge in [0.25, 0.3) is 0 Å². The molecule has 19 heavy (non-hydrogen) atoms. The highest BCUT2D eigenvalue weighted by Crippen LogP contribution is 2.24. The maximum Gasteiger partial charge on any atom is 0.128 e. The van der Waals surface area contributed by atoms with Gasteiger partial charge >= 0.3 is 0 Å². The van der Waals surface area contributed by atoms with Crippen LogP contribution >= 0.6 is 0 Å². The first kappa shape index (κ1) is 16.0. The summed E-state index contributed by atoms with van der Waals surface area (Å²) < 4.78 is 0. The molecule has 0 saturated heterocycles. The van der Waals surface area contributed by atoms with Gasteiger partial charge in [-0.1, -0.05) is 40.7 Å². The second-order valence-corrected chi connectivity index (χ2v) is 6.04. The largest absolute Gasteiger partial charge is 0.395 e. The number of rotatable bonds is 6. The van der Waals surface area contributed by atoms with E-state index in [1.807, 2.05) is 6.20 Å². The standard InChI is InChI=1S/C16H28N2O/c1-6-14(7-2)18(10-11-19)15-9-8-13(12-17-15)16(3,4)5/h8-9,12,14,19H,6-7,10-11H2,1-5H3. The van der Waals surface area contributed by atoms with Crippen LogP contribution < -0.4 is 4.90 Å². The molecule has 0 radical (unpaired) electrons. The minimum atomic E-state index is 0.127. The summed E-state index contributed by atoms with van der Waals surface area (Å²) in [4.78, 5) is 6.81. The Hall–Kier alpha value is -1.09. The smallest absolute Gasteiger partial charge is 0.128 e. The number of aliphatic hydroxyl groups excluding tert-OH is 1. The van der Waals surface area contributed by atoms with Gasteiger partial charge in [0.2, 0.25) is 0 Å². The van der Waals surface area contributed by atoms with Crippen molar-refractivity contribution >= 4 is 5.82 Å². The van der Waals surface area contributed by atoms with Crippen molar-refractivity contribution in [3.63, 3.8) is 0 Å². The number of hydrogen-bond donors (Lipinski definition) is 1. The van der Waals surface area contributed by atoms with Crippen LogP contribution in [-0.4, -0.2) is 29.3 Å². The molecule has 3 nitrogen and oxygen atoms in total. The van der Waals surface area contributed by atoms with Crippen LogP contribution in [0.3, 0.4) is 0 Å². The van der Waals surface area contributed by atoms with Gasteiger partial charge in [-0.15, -0.1) is 0 Å². The van der Waals surface area contributed by atoms with E-state index in [4.69, 9.17) is 0 Å². The molecule has 0 saturated carbocycles. The lowest BCUT2D eigenvalue weighted by atomic mass is 9.88. The van der Waals surface area contributed by atoms with Gasteiger partial charge in [0, 0.05) is 18.8 Å². The normalized spacial score (nSPS) is 11.9. The van der Waals surface area contributed by atoms with Gasteiger partial charge in [-0.3, -0.25) is 0 Å². The third-order valence-corrected chi connectivity index (χ3v) is 3.63. The van der Waals surface area contributed by atoms with Crippen molar-refractivity contribution in [3.05, 3.63) is 23.9 Å². The number of anilines is 1. The maximum absolute atomic E-state index is 9.25. The van der Waals surface area contributed by atoms with Gasteiger partial charge in [0.15, 0.2) is 0 Å². The predicted octanol–water partition coefficient (Wildman–Crippen LogP) is 3.37. The molecule has 108 valence electrons. The molecule has 0 fully saturated rings. The number of aromatic nitrogens is 1. The third kappa shape index (κ3) is 4.20. The van der Waals surface area contributed by atoms with Crippen LogP contribution in [0.5, 0.6) is 0 Å². The monoisotopic (exact) mass is 264 g/mol. The van der Waals surface area contributed by atoms with Gasteiger partial charge in [-0.25, -0.2) is 4.98 Å². The molecule has 3 heteroatoms. The van der Waals surface area contributed by atoms with Crippen LogP contribution in [0.1, 0.15) is 53.0 Å². The lowest BCUT2D eigenvalue weighted by Gasteiger charge is -2.31. The Labute approximate surface area is 117 Å². The highest BCUT2D eigenvalue weighted by molar-refractivity contribution is 5.41. The molecule has 1 heterocycles. The molecule has 0 aliphatic heterocycles. The van der Waals surface area contributed by atoms with E-state index in [0.717, 1.165) is 18.7 Å². The van der Waals surface area contributed by atoms with Crippen molar-refractivity contribution in [2.24, 2.45) is 0 Å². The van der Waals surface area contributed by atoms with Gasteiger partial charge in [-0.05, 0) is 29.9 Å². The lowest BCUT2D eigenvalue weighted by Crippen LogP contribution is -2.37. The summed E-state index contributed by atoms with van der Waals surface area (Å²) in [6.07, 6.45) is 4.10. The fourth-order valence-corrected chi connectivity index (χ4v) is 2.32. The van der Waals surface area contributed by atoms with E-state index in [1.165, 1.54) is 5.56 Å². The number of nitrogens with zero attached hydrogens (tertiary/aromatic N) is 2. The SMILES string of the molecule is CCC(CC)N(CCO)c1ccc(C(C)(C)C)cn1. The molecule has 1 N–H and O–H groups in total. The zero-order chi connectivity index (χ0) is 14.5. The Kier molecular flexibility index (Phi) is 5.80. The van der Waals surface area contributed by atoms with Crippen molar-refractivity contribution in [3.8, 4) is 0 Å². The van der Waals surface area contributed by atoms with Crippen molar-refractivity contribution in [2.75, 3.05) is 18.1 Å². The van der Waals surface area contributed by atoms with Crippen LogP contribution in [0.15, 0.2) is 18.3 Å². The van der Waals surface area contributed by atoms with Crippen molar-refractivity contribution in [1.29, 1.82) is 0 Å². The van der Waals surface area contributed by atoms with E-state index in [0.29, 0.717) is 12.6 Å². The summed E-state index contributed by atoms with van der Waals surface area (Å²) in [5, 5.41) is 9.25. The minimum absolute atomic E-state index is 0.127. The highest BCUT2D eigenvalue weighted by atomic mass is 16.3. The Morgan fingerprint density at radius 3 is 2.21 bits per heavy atom. The van der Waals surface area contributed by atoms with Crippen molar-refractivity contribution in [1.82, 2.24) is 4.98 Å². The number of aliphatic hydroxyl groups is 1.